The van der Waals surface area contributed by atoms with Crippen molar-refractivity contribution in [1.29, 1.82) is 0 Å². The first-order valence-electron chi connectivity index (χ1n) is 11.0. The number of H-pyrrole nitrogens is 1. The van der Waals surface area contributed by atoms with Crippen LogP contribution in [0, 0.1) is 5.92 Å². The van der Waals surface area contributed by atoms with Gasteiger partial charge in [0.05, 0.1) is 12.5 Å². The van der Waals surface area contributed by atoms with Crippen molar-refractivity contribution in [2.45, 2.75) is 19.3 Å². The standard InChI is InChI=1S/C26H26N4O2/c1-32-22-10-6-5-9-20(22)21-11-14-27-24-23(21)25(31)29-26(28-24)30-15-12-19(13-16-30)17-18-7-3-2-4-8-18/h2-11,14,19H,12-13,15-17H2,1H3,(H,27,28,29,31). The minimum absolute atomic E-state index is 0.176. The Kier molecular flexibility index (Phi) is 5.58. The third-order valence-corrected chi connectivity index (χ3v) is 6.27. The maximum atomic E-state index is 13.1. The van der Waals surface area contributed by atoms with Crippen LogP contribution in [0.25, 0.3) is 22.2 Å². The highest BCUT2D eigenvalue weighted by atomic mass is 16.5. The smallest absolute Gasteiger partial charge is 0.262 e. The van der Waals surface area contributed by atoms with Crippen molar-refractivity contribution in [3.8, 4) is 16.9 Å². The molecule has 0 bridgehead atoms. The number of anilines is 1. The fourth-order valence-corrected chi connectivity index (χ4v) is 4.59. The molecule has 0 atom stereocenters. The van der Waals surface area contributed by atoms with Crippen LogP contribution in [0.5, 0.6) is 5.75 Å². The molecule has 1 aliphatic heterocycles. The van der Waals surface area contributed by atoms with E-state index in [1.54, 1.807) is 13.3 Å². The Hall–Kier alpha value is -3.67. The van der Waals surface area contributed by atoms with Gasteiger partial charge in [0, 0.05) is 30.4 Å². The normalized spacial score (nSPS) is 14.6. The van der Waals surface area contributed by atoms with Crippen LogP contribution in [0.2, 0.25) is 0 Å². The number of ether oxygens (including phenoxy) is 1. The molecule has 32 heavy (non-hydrogen) atoms. The van der Waals surface area contributed by atoms with Gasteiger partial charge in [-0.2, -0.15) is 4.98 Å². The molecule has 2 aromatic carbocycles. The quantitative estimate of drug-likeness (QED) is 0.510. The molecule has 4 aromatic rings. The average Bonchev–Trinajstić information content (AvgIpc) is 2.84. The number of hydrogen-bond acceptors (Lipinski definition) is 5. The number of fused-ring (bicyclic) bond motifs is 1. The Morgan fingerprint density at radius 3 is 2.53 bits per heavy atom. The van der Waals surface area contributed by atoms with Crippen molar-refractivity contribution < 1.29 is 4.74 Å². The van der Waals surface area contributed by atoms with Crippen molar-refractivity contribution in [3.63, 3.8) is 0 Å². The largest absolute Gasteiger partial charge is 0.496 e. The van der Waals surface area contributed by atoms with E-state index in [-0.39, 0.29) is 5.56 Å². The number of benzene rings is 2. The first kappa shape index (κ1) is 20.2. The van der Waals surface area contributed by atoms with Gasteiger partial charge in [0.2, 0.25) is 5.95 Å². The van der Waals surface area contributed by atoms with E-state index in [1.807, 2.05) is 30.3 Å². The number of aromatic nitrogens is 3. The van der Waals surface area contributed by atoms with Gasteiger partial charge in [0.15, 0.2) is 5.65 Å². The monoisotopic (exact) mass is 426 g/mol. The first-order valence-corrected chi connectivity index (χ1v) is 11.0. The molecule has 0 saturated carbocycles. The van der Waals surface area contributed by atoms with Gasteiger partial charge in [0.25, 0.3) is 5.56 Å². The molecule has 6 heteroatoms. The van der Waals surface area contributed by atoms with Crippen LogP contribution in [0.3, 0.4) is 0 Å². The lowest BCUT2D eigenvalue weighted by molar-refractivity contribution is 0.400. The second kappa shape index (κ2) is 8.83. The Balaban J connectivity index is 1.41. The molecule has 0 unspecified atom stereocenters. The zero-order valence-electron chi connectivity index (χ0n) is 18.1. The number of nitrogens with one attached hydrogen (secondary N) is 1. The predicted octanol–water partition coefficient (Wildman–Crippen LogP) is 4.45. The summed E-state index contributed by atoms with van der Waals surface area (Å²) >= 11 is 0. The lowest BCUT2D eigenvalue weighted by atomic mass is 9.90. The van der Waals surface area contributed by atoms with E-state index in [2.05, 4.69) is 45.2 Å². The van der Waals surface area contributed by atoms with Gasteiger partial charge in [0.1, 0.15) is 5.75 Å². The van der Waals surface area contributed by atoms with Gasteiger partial charge >= 0.3 is 0 Å². The number of hydrogen-bond donors (Lipinski definition) is 1. The van der Waals surface area contributed by atoms with Crippen molar-refractivity contribution >= 4 is 17.0 Å². The lowest BCUT2D eigenvalue weighted by Crippen LogP contribution is -2.36. The molecule has 6 nitrogen and oxygen atoms in total. The summed E-state index contributed by atoms with van der Waals surface area (Å²) in [4.78, 5) is 27.5. The summed E-state index contributed by atoms with van der Waals surface area (Å²) in [6, 6.07) is 20.1. The lowest BCUT2D eigenvalue weighted by Gasteiger charge is -2.32. The van der Waals surface area contributed by atoms with Crippen LogP contribution < -0.4 is 15.2 Å². The highest BCUT2D eigenvalue weighted by Gasteiger charge is 2.22. The zero-order valence-corrected chi connectivity index (χ0v) is 18.1. The van der Waals surface area contributed by atoms with E-state index in [4.69, 9.17) is 9.72 Å². The van der Waals surface area contributed by atoms with E-state index >= 15 is 0 Å². The van der Waals surface area contributed by atoms with Gasteiger partial charge in [-0.15, -0.1) is 0 Å². The topological polar surface area (TPSA) is 71.1 Å². The van der Waals surface area contributed by atoms with E-state index in [0.717, 1.165) is 43.5 Å². The van der Waals surface area contributed by atoms with Gasteiger partial charge in [-0.3, -0.25) is 9.78 Å². The third kappa shape index (κ3) is 3.96. The highest BCUT2D eigenvalue weighted by molar-refractivity contribution is 5.93. The summed E-state index contributed by atoms with van der Waals surface area (Å²) in [5.74, 6) is 1.96. The van der Waals surface area contributed by atoms with Crippen molar-refractivity contribution in [2.75, 3.05) is 25.1 Å². The number of nitrogens with zero attached hydrogens (tertiary/aromatic N) is 3. The Morgan fingerprint density at radius 2 is 1.75 bits per heavy atom. The third-order valence-electron chi connectivity index (χ3n) is 6.27. The van der Waals surface area contributed by atoms with Crippen LogP contribution >= 0.6 is 0 Å². The molecule has 1 N–H and O–H groups in total. The van der Waals surface area contributed by atoms with Gasteiger partial charge in [-0.05, 0) is 42.9 Å². The summed E-state index contributed by atoms with van der Waals surface area (Å²) in [6.07, 6.45) is 4.95. The van der Waals surface area contributed by atoms with Crippen LogP contribution in [0.15, 0.2) is 71.7 Å². The number of rotatable bonds is 5. The summed E-state index contributed by atoms with van der Waals surface area (Å²) in [5, 5.41) is 0.486. The second-order valence-electron chi connectivity index (χ2n) is 8.27. The minimum atomic E-state index is -0.176. The van der Waals surface area contributed by atoms with Crippen LogP contribution in [-0.4, -0.2) is 35.2 Å². The fraction of sp³-hybridized carbons (Fsp3) is 0.269. The average molecular weight is 427 g/mol. The maximum Gasteiger partial charge on any atom is 0.262 e. The fourth-order valence-electron chi connectivity index (χ4n) is 4.59. The van der Waals surface area contributed by atoms with Crippen molar-refractivity contribution in [2.24, 2.45) is 5.92 Å². The van der Waals surface area contributed by atoms with Crippen LogP contribution in [0.4, 0.5) is 5.95 Å². The molecule has 1 saturated heterocycles. The maximum absolute atomic E-state index is 13.1. The molecule has 1 fully saturated rings. The summed E-state index contributed by atoms with van der Waals surface area (Å²) in [6.45, 7) is 1.75. The molecule has 0 radical (unpaired) electrons. The summed E-state index contributed by atoms with van der Waals surface area (Å²) < 4.78 is 5.50. The Labute approximate surface area is 186 Å². The molecule has 2 aromatic heterocycles. The molecule has 5 rings (SSSR count). The van der Waals surface area contributed by atoms with Crippen LogP contribution in [-0.2, 0) is 6.42 Å². The summed E-state index contributed by atoms with van der Waals surface area (Å²) in [7, 11) is 1.63. The second-order valence-corrected chi connectivity index (χ2v) is 8.27. The van der Waals surface area contributed by atoms with Crippen molar-refractivity contribution in [3.05, 3.63) is 82.8 Å². The predicted molar refractivity (Wildman–Crippen MR) is 127 cm³/mol. The molecule has 3 heterocycles. The SMILES string of the molecule is COc1ccccc1-c1ccnc2nc(N3CCC(Cc4ccccc4)CC3)[nH]c(=O)c12. The molecular formula is C26H26N4O2. The van der Waals surface area contributed by atoms with E-state index in [1.165, 1.54) is 5.56 Å². The molecular weight excluding hydrogens is 400 g/mol. The molecule has 0 amide bonds. The molecule has 1 aliphatic rings. The minimum Gasteiger partial charge on any atom is -0.496 e. The van der Waals surface area contributed by atoms with E-state index in [9.17, 15) is 4.79 Å². The number of piperidine rings is 1. The van der Waals surface area contributed by atoms with Crippen LogP contribution in [0.1, 0.15) is 18.4 Å². The number of methoxy groups -OCH3 is 1. The number of pyridine rings is 1. The van der Waals surface area contributed by atoms with Crippen molar-refractivity contribution in [1.82, 2.24) is 15.0 Å². The number of aromatic amines is 1. The molecule has 162 valence electrons. The Bertz CT molecular complexity index is 1280. The van der Waals surface area contributed by atoms with Gasteiger partial charge in [-0.1, -0.05) is 48.5 Å². The molecule has 0 aliphatic carbocycles. The number of para-hydroxylation sites is 1. The van der Waals surface area contributed by atoms with E-state index < -0.39 is 0 Å². The Morgan fingerprint density at radius 1 is 1.00 bits per heavy atom. The summed E-state index contributed by atoms with van der Waals surface area (Å²) in [5.41, 5.74) is 3.29. The first-order chi connectivity index (χ1) is 15.7. The molecule has 0 spiro atoms. The zero-order chi connectivity index (χ0) is 21.9. The highest BCUT2D eigenvalue weighted by Crippen LogP contribution is 2.33. The van der Waals surface area contributed by atoms with Gasteiger partial charge in [-0.25, -0.2) is 4.98 Å². The van der Waals surface area contributed by atoms with E-state index in [0.29, 0.717) is 28.6 Å². The van der Waals surface area contributed by atoms with Gasteiger partial charge < -0.3 is 9.64 Å².